The van der Waals surface area contributed by atoms with Gasteiger partial charge in [-0.25, -0.2) is 0 Å². The van der Waals surface area contributed by atoms with E-state index in [1.165, 1.54) is 0 Å². The second kappa shape index (κ2) is 5.90. The zero-order chi connectivity index (χ0) is 7.11. The molecule has 0 amide bonds. The number of thiophene rings is 1. The molecule has 1 unspecified atom stereocenters. The Labute approximate surface area is 59.9 Å². The SMILES string of the molecule is NS(=O)[O-].c1ccsc1. The van der Waals surface area contributed by atoms with Crippen LogP contribution >= 0.6 is 11.3 Å². The largest absolute Gasteiger partial charge is 0.760 e. The lowest BCUT2D eigenvalue weighted by molar-refractivity contribution is 0.539. The van der Waals surface area contributed by atoms with Gasteiger partial charge in [0, 0.05) is 11.3 Å². The normalized spacial score (nSPS) is 11.3. The van der Waals surface area contributed by atoms with Gasteiger partial charge in [-0.2, -0.15) is 11.3 Å². The number of nitrogens with two attached hydrogens (primary N) is 1. The molecule has 0 radical (unpaired) electrons. The minimum atomic E-state index is -2.36. The summed E-state index contributed by atoms with van der Waals surface area (Å²) in [4.78, 5) is 0. The molecule has 1 heterocycles. The highest BCUT2D eigenvalue weighted by Gasteiger charge is 1.58. The zero-order valence-corrected chi connectivity index (χ0v) is 6.15. The van der Waals surface area contributed by atoms with E-state index in [1.807, 2.05) is 22.9 Å². The van der Waals surface area contributed by atoms with Gasteiger partial charge in [0.2, 0.25) is 0 Å². The number of rotatable bonds is 0. The summed E-state index contributed by atoms with van der Waals surface area (Å²) in [5.74, 6) is 0. The predicted molar refractivity (Wildman–Crippen MR) is 37.4 cm³/mol. The van der Waals surface area contributed by atoms with Crippen LogP contribution in [0.3, 0.4) is 0 Å². The van der Waals surface area contributed by atoms with Gasteiger partial charge < -0.3 is 4.55 Å². The lowest BCUT2D eigenvalue weighted by Gasteiger charge is -1.85. The third-order valence-electron chi connectivity index (χ3n) is 0.425. The first kappa shape index (κ1) is 8.77. The molecule has 1 aromatic rings. The van der Waals surface area contributed by atoms with E-state index in [4.69, 9.17) is 8.76 Å². The van der Waals surface area contributed by atoms with Crippen molar-refractivity contribution in [3.8, 4) is 0 Å². The van der Waals surface area contributed by atoms with Crippen LogP contribution in [0.15, 0.2) is 22.9 Å². The number of hydrogen-bond acceptors (Lipinski definition) is 3. The molecular weight excluding hydrogens is 158 g/mol. The molecule has 52 valence electrons. The smallest absolute Gasteiger partial charge is 0.0152 e. The average Bonchev–Trinajstić information content (AvgIpc) is 2.11. The van der Waals surface area contributed by atoms with Gasteiger partial charge in [-0.05, 0) is 10.8 Å². The Hall–Kier alpha value is -0.230. The van der Waals surface area contributed by atoms with Crippen molar-refractivity contribution in [1.29, 1.82) is 0 Å². The first-order valence-corrected chi connectivity index (χ1v) is 4.12. The average molecular weight is 164 g/mol. The topological polar surface area (TPSA) is 66.2 Å². The molecule has 5 heteroatoms. The third kappa shape index (κ3) is 11.4. The van der Waals surface area contributed by atoms with Gasteiger partial charge in [-0.1, -0.05) is 12.1 Å². The summed E-state index contributed by atoms with van der Waals surface area (Å²) in [7, 11) is 0. The summed E-state index contributed by atoms with van der Waals surface area (Å²) in [5, 5.41) is 8.11. The van der Waals surface area contributed by atoms with Crippen LogP contribution in [0.2, 0.25) is 0 Å². The van der Waals surface area contributed by atoms with Crippen molar-refractivity contribution in [2.75, 3.05) is 0 Å². The highest BCUT2D eigenvalue weighted by atomic mass is 32.2. The van der Waals surface area contributed by atoms with Crippen LogP contribution in [0.5, 0.6) is 0 Å². The number of hydrogen-bond donors (Lipinski definition) is 1. The van der Waals surface area contributed by atoms with E-state index in [0.29, 0.717) is 0 Å². The summed E-state index contributed by atoms with van der Waals surface area (Å²) >= 11 is -0.648. The Morgan fingerprint density at radius 2 is 1.78 bits per heavy atom. The van der Waals surface area contributed by atoms with E-state index in [9.17, 15) is 0 Å². The summed E-state index contributed by atoms with van der Waals surface area (Å²) in [6.45, 7) is 0. The lowest BCUT2D eigenvalue weighted by atomic mass is 10.7. The van der Waals surface area contributed by atoms with Crippen LogP contribution in [0.25, 0.3) is 0 Å². The summed E-state index contributed by atoms with van der Waals surface area (Å²) in [6.07, 6.45) is 0. The summed E-state index contributed by atoms with van der Waals surface area (Å²) < 4.78 is 17.6. The molecule has 9 heavy (non-hydrogen) atoms. The van der Waals surface area contributed by atoms with Crippen molar-refractivity contribution >= 4 is 22.6 Å². The quantitative estimate of drug-likeness (QED) is 0.567. The molecule has 0 spiro atoms. The first-order valence-electron chi connectivity index (χ1n) is 2.04. The standard InChI is InChI=1S/C4H4S.H3NO2S/c1-2-4-5-3-1;1-4(2)3/h1-4H;1H2,(H,2,3)/p-1. The van der Waals surface area contributed by atoms with Crippen molar-refractivity contribution in [3.05, 3.63) is 22.9 Å². The molecule has 2 N–H and O–H groups in total. The van der Waals surface area contributed by atoms with E-state index in [1.54, 1.807) is 11.3 Å². The Bertz CT molecular complexity index is 130. The molecule has 1 aromatic heterocycles. The highest BCUT2D eigenvalue weighted by Crippen LogP contribution is 1.91. The Morgan fingerprint density at radius 3 is 1.89 bits per heavy atom. The third-order valence-corrected chi connectivity index (χ3v) is 1.05. The fourth-order valence-corrected chi connectivity index (χ4v) is 0.680. The van der Waals surface area contributed by atoms with Crippen LogP contribution < -0.4 is 5.14 Å². The van der Waals surface area contributed by atoms with E-state index in [-0.39, 0.29) is 0 Å². The van der Waals surface area contributed by atoms with Crippen LogP contribution in [-0.4, -0.2) is 8.76 Å². The fourth-order valence-electron chi connectivity index (χ4n) is 0.227. The van der Waals surface area contributed by atoms with Gasteiger partial charge in [0.25, 0.3) is 0 Å². The van der Waals surface area contributed by atoms with E-state index >= 15 is 0 Å². The molecule has 0 saturated carbocycles. The monoisotopic (exact) mass is 164 g/mol. The zero-order valence-electron chi connectivity index (χ0n) is 4.52. The second-order valence-corrected chi connectivity index (χ2v) is 2.39. The van der Waals surface area contributed by atoms with Crippen molar-refractivity contribution in [2.45, 2.75) is 0 Å². The van der Waals surface area contributed by atoms with Crippen molar-refractivity contribution < 1.29 is 8.76 Å². The highest BCUT2D eigenvalue weighted by molar-refractivity contribution is 7.76. The van der Waals surface area contributed by atoms with Crippen molar-refractivity contribution in [2.24, 2.45) is 5.14 Å². The molecule has 0 saturated heterocycles. The Balaban J connectivity index is 0.000000148. The van der Waals surface area contributed by atoms with Crippen LogP contribution in [-0.2, 0) is 11.3 Å². The van der Waals surface area contributed by atoms with Gasteiger partial charge >= 0.3 is 0 Å². The molecule has 3 nitrogen and oxygen atoms in total. The molecule has 1 rings (SSSR count). The van der Waals surface area contributed by atoms with Gasteiger partial charge in [-0.15, -0.1) is 0 Å². The second-order valence-electron chi connectivity index (χ2n) is 1.05. The maximum atomic E-state index is 8.78. The molecule has 1 atom stereocenters. The maximum absolute atomic E-state index is 8.78. The van der Waals surface area contributed by atoms with E-state index in [2.05, 4.69) is 5.14 Å². The summed E-state index contributed by atoms with van der Waals surface area (Å²) in [5.41, 5.74) is 0. The molecule has 0 aliphatic heterocycles. The molecule has 0 aliphatic rings. The Morgan fingerprint density at radius 1 is 1.44 bits per heavy atom. The molecule has 0 aliphatic carbocycles. The first-order chi connectivity index (χ1) is 4.23. The molecular formula is C4H6NO2S2-. The van der Waals surface area contributed by atoms with Crippen LogP contribution in [0.4, 0.5) is 0 Å². The fraction of sp³-hybridized carbons (Fsp3) is 0. The van der Waals surface area contributed by atoms with Gasteiger partial charge in [-0.3, -0.25) is 9.35 Å². The predicted octanol–water partition coefficient (Wildman–Crippen LogP) is 0.487. The van der Waals surface area contributed by atoms with Gasteiger partial charge in [0.1, 0.15) is 0 Å². The van der Waals surface area contributed by atoms with Crippen LogP contribution in [0.1, 0.15) is 0 Å². The van der Waals surface area contributed by atoms with E-state index < -0.39 is 11.3 Å². The van der Waals surface area contributed by atoms with Gasteiger partial charge in [0.15, 0.2) is 0 Å². The minimum absolute atomic E-state index is 1.71. The molecule has 0 fully saturated rings. The molecule has 0 aromatic carbocycles. The van der Waals surface area contributed by atoms with E-state index in [0.717, 1.165) is 0 Å². The van der Waals surface area contributed by atoms with Crippen molar-refractivity contribution in [1.82, 2.24) is 0 Å². The van der Waals surface area contributed by atoms with Crippen molar-refractivity contribution in [3.63, 3.8) is 0 Å². The maximum Gasteiger partial charge on any atom is 0.0152 e. The van der Waals surface area contributed by atoms with Crippen LogP contribution in [0, 0.1) is 0 Å². The summed E-state index contributed by atoms with van der Waals surface area (Å²) in [6, 6.07) is 4.04. The minimum Gasteiger partial charge on any atom is -0.760 e. The lowest BCUT2D eigenvalue weighted by Crippen LogP contribution is -1.97. The Kier molecular flexibility index (Phi) is 5.75. The van der Waals surface area contributed by atoms with Gasteiger partial charge in [0.05, 0.1) is 0 Å². The molecule has 0 bridgehead atoms.